The zero-order valence-electron chi connectivity index (χ0n) is 6.53. The molecule has 0 fully saturated rings. The fraction of sp³-hybridized carbons (Fsp3) is 0.222. The lowest BCUT2D eigenvalue weighted by Gasteiger charge is -2.02. The predicted octanol–water partition coefficient (Wildman–Crippen LogP) is 1.87. The summed E-state index contributed by atoms with van der Waals surface area (Å²) in [6.45, 7) is 0.592. The van der Waals surface area contributed by atoms with Crippen molar-refractivity contribution in [3.63, 3.8) is 0 Å². The molecular weight excluding hydrogens is 170 g/mol. The van der Waals surface area contributed by atoms with Crippen LogP contribution in [0, 0.1) is 11.3 Å². The fourth-order valence-corrected chi connectivity index (χ4v) is 0.880. The SMILES string of the molecule is N#Cc1ccc(OCCS)cc1. The number of thiol groups is 1. The highest BCUT2D eigenvalue weighted by Crippen LogP contribution is 2.11. The summed E-state index contributed by atoms with van der Waals surface area (Å²) in [6.07, 6.45) is 0. The van der Waals surface area contributed by atoms with Gasteiger partial charge in [-0.05, 0) is 24.3 Å². The molecule has 0 saturated carbocycles. The van der Waals surface area contributed by atoms with Crippen LogP contribution in [-0.4, -0.2) is 12.4 Å². The van der Waals surface area contributed by atoms with Crippen molar-refractivity contribution in [1.29, 1.82) is 5.26 Å². The van der Waals surface area contributed by atoms with Gasteiger partial charge in [0.2, 0.25) is 0 Å². The molecule has 1 aromatic rings. The van der Waals surface area contributed by atoms with E-state index in [0.717, 1.165) is 5.75 Å². The lowest BCUT2D eigenvalue weighted by atomic mass is 10.2. The molecule has 0 aliphatic rings. The summed E-state index contributed by atoms with van der Waals surface area (Å²) < 4.78 is 5.27. The minimum atomic E-state index is 0.592. The second-order valence-corrected chi connectivity index (χ2v) is 2.66. The molecule has 0 aliphatic carbocycles. The van der Waals surface area contributed by atoms with E-state index in [1.54, 1.807) is 24.3 Å². The molecule has 0 bridgehead atoms. The first-order valence-corrected chi connectivity index (χ1v) is 4.24. The van der Waals surface area contributed by atoms with Gasteiger partial charge in [-0.1, -0.05) is 0 Å². The molecule has 0 heterocycles. The van der Waals surface area contributed by atoms with Crippen LogP contribution in [0.15, 0.2) is 24.3 Å². The Kier molecular flexibility index (Phi) is 3.49. The summed E-state index contributed by atoms with van der Waals surface area (Å²) in [7, 11) is 0. The summed E-state index contributed by atoms with van der Waals surface area (Å²) in [5.74, 6) is 1.48. The molecule has 1 aromatic carbocycles. The molecule has 0 aromatic heterocycles. The van der Waals surface area contributed by atoms with E-state index in [4.69, 9.17) is 10.00 Å². The van der Waals surface area contributed by atoms with E-state index in [1.165, 1.54) is 0 Å². The van der Waals surface area contributed by atoms with Crippen LogP contribution in [0.3, 0.4) is 0 Å². The Hall–Kier alpha value is -1.14. The molecule has 0 spiro atoms. The molecule has 0 unspecified atom stereocenters. The van der Waals surface area contributed by atoms with E-state index in [2.05, 4.69) is 12.6 Å². The van der Waals surface area contributed by atoms with Crippen LogP contribution in [0.2, 0.25) is 0 Å². The van der Waals surface area contributed by atoms with Gasteiger partial charge in [0.05, 0.1) is 18.2 Å². The third-order valence-corrected chi connectivity index (χ3v) is 1.53. The molecule has 0 radical (unpaired) electrons. The van der Waals surface area contributed by atoms with E-state index in [0.29, 0.717) is 17.9 Å². The molecule has 0 N–H and O–H groups in total. The monoisotopic (exact) mass is 179 g/mol. The van der Waals surface area contributed by atoms with Crippen molar-refractivity contribution >= 4 is 12.6 Å². The number of benzene rings is 1. The van der Waals surface area contributed by atoms with E-state index in [-0.39, 0.29) is 0 Å². The van der Waals surface area contributed by atoms with Crippen molar-refractivity contribution in [3.8, 4) is 11.8 Å². The van der Waals surface area contributed by atoms with Gasteiger partial charge in [0, 0.05) is 5.75 Å². The first-order valence-electron chi connectivity index (χ1n) is 3.60. The molecule has 0 saturated heterocycles. The van der Waals surface area contributed by atoms with Crippen molar-refractivity contribution in [1.82, 2.24) is 0 Å². The van der Waals surface area contributed by atoms with Crippen LogP contribution in [-0.2, 0) is 0 Å². The van der Waals surface area contributed by atoms with Crippen molar-refractivity contribution in [3.05, 3.63) is 29.8 Å². The van der Waals surface area contributed by atoms with Gasteiger partial charge >= 0.3 is 0 Å². The summed E-state index contributed by atoms with van der Waals surface area (Å²) in [6, 6.07) is 9.06. The number of hydrogen-bond donors (Lipinski definition) is 1. The number of hydrogen-bond acceptors (Lipinski definition) is 3. The number of nitriles is 1. The average molecular weight is 179 g/mol. The molecular formula is C9H9NOS. The summed E-state index contributed by atoms with van der Waals surface area (Å²) in [4.78, 5) is 0. The van der Waals surface area contributed by atoms with Crippen molar-refractivity contribution in [2.75, 3.05) is 12.4 Å². The normalized spacial score (nSPS) is 9.00. The highest BCUT2D eigenvalue weighted by molar-refractivity contribution is 7.80. The first kappa shape index (κ1) is 8.95. The fourth-order valence-electron chi connectivity index (χ4n) is 0.789. The Morgan fingerprint density at radius 1 is 1.33 bits per heavy atom. The predicted molar refractivity (Wildman–Crippen MR) is 50.5 cm³/mol. The zero-order chi connectivity index (χ0) is 8.81. The van der Waals surface area contributed by atoms with E-state index < -0.39 is 0 Å². The van der Waals surface area contributed by atoms with Crippen molar-refractivity contribution in [2.45, 2.75) is 0 Å². The summed E-state index contributed by atoms with van der Waals surface area (Å²) >= 11 is 4.01. The van der Waals surface area contributed by atoms with Crippen LogP contribution in [0.5, 0.6) is 5.75 Å². The topological polar surface area (TPSA) is 33.0 Å². The minimum Gasteiger partial charge on any atom is -0.493 e. The van der Waals surface area contributed by atoms with Crippen molar-refractivity contribution < 1.29 is 4.74 Å². The second kappa shape index (κ2) is 4.68. The van der Waals surface area contributed by atoms with Gasteiger partial charge < -0.3 is 4.74 Å². The highest BCUT2D eigenvalue weighted by Gasteiger charge is 1.92. The molecule has 2 nitrogen and oxygen atoms in total. The quantitative estimate of drug-likeness (QED) is 0.718. The van der Waals surface area contributed by atoms with Crippen LogP contribution in [0.1, 0.15) is 5.56 Å². The summed E-state index contributed by atoms with van der Waals surface area (Å²) in [5, 5.41) is 8.50. The van der Waals surface area contributed by atoms with E-state index in [1.807, 2.05) is 6.07 Å². The molecule has 0 amide bonds. The lowest BCUT2D eigenvalue weighted by molar-refractivity contribution is 0.344. The maximum atomic E-state index is 8.50. The largest absolute Gasteiger partial charge is 0.493 e. The highest BCUT2D eigenvalue weighted by atomic mass is 32.1. The second-order valence-electron chi connectivity index (χ2n) is 2.21. The number of rotatable bonds is 3. The third-order valence-electron chi connectivity index (χ3n) is 1.34. The number of ether oxygens (including phenoxy) is 1. The van der Waals surface area contributed by atoms with Gasteiger partial charge in [-0.25, -0.2) is 0 Å². The molecule has 3 heteroatoms. The Morgan fingerprint density at radius 2 is 2.00 bits per heavy atom. The van der Waals surface area contributed by atoms with Crippen LogP contribution < -0.4 is 4.74 Å². The molecule has 12 heavy (non-hydrogen) atoms. The average Bonchev–Trinajstić information content (AvgIpc) is 2.15. The Bertz CT molecular complexity index is 276. The van der Waals surface area contributed by atoms with Gasteiger partial charge in [-0.15, -0.1) is 0 Å². The Labute approximate surface area is 77.2 Å². The maximum Gasteiger partial charge on any atom is 0.119 e. The van der Waals surface area contributed by atoms with Crippen molar-refractivity contribution in [2.24, 2.45) is 0 Å². The van der Waals surface area contributed by atoms with Crippen LogP contribution in [0.25, 0.3) is 0 Å². The molecule has 0 aliphatic heterocycles. The third kappa shape index (κ3) is 2.48. The standard InChI is InChI=1S/C9H9NOS/c10-7-8-1-3-9(4-2-8)11-5-6-12/h1-4,12H,5-6H2. The van der Waals surface area contributed by atoms with Crippen LogP contribution >= 0.6 is 12.6 Å². The Morgan fingerprint density at radius 3 is 2.50 bits per heavy atom. The minimum absolute atomic E-state index is 0.592. The maximum absolute atomic E-state index is 8.50. The Balaban J connectivity index is 2.60. The molecule has 1 rings (SSSR count). The van der Waals surface area contributed by atoms with Gasteiger partial charge in [-0.3, -0.25) is 0 Å². The molecule has 62 valence electrons. The smallest absolute Gasteiger partial charge is 0.119 e. The van der Waals surface area contributed by atoms with Crippen LogP contribution in [0.4, 0.5) is 0 Å². The lowest BCUT2D eigenvalue weighted by Crippen LogP contribution is -1.97. The van der Waals surface area contributed by atoms with E-state index in [9.17, 15) is 0 Å². The number of nitrogens with zero attached hydrogens (tertiary/aromatic N) is 1. The summed E-state index contributed by atoms with van der Waals surface area (Å²) in [5.41, 5.74) is 0.647. The molecule has 0 atom stereocenters. The van der Waals surface area contributed by atoms with Gasteiger partial charge in [0.15, 0.2) is 0 Å². The van der Waals surface area contributed by atoms with Gasteiger partial charge in [0.1, 0.15) is 5.75 Å². The first-order chi connectivity index (χ1) is 5.86. The van der Waals surface area contributed by atoms with E-state index >= 15 is 0 Å². The van der Waals surface area contributed by atoms with Gasteiger partial charge in [0.25, 0.3) is 0 Å². The zero-order valence-corrected chi connectivity index (χ0v) is 7.42. The van der Waals surface area contributed by atoms with Gasteiger partial charge in [-0.2, -0.15) is 17.9 Å².